The van der Waals surface area contributed by atoms with Gasteiger partial charge >= 0.3 is 0 Å². The Kier molecular flexibility index (Phi) is 5.51. The lowest BCUT2D eigenvalue weighted by molar-refractivity contribution is 0.110. The number of aromatic nitrogens is 2. The van der Waals surface area contributed by atoms with Gasteiger partial charge in [-0.05, 0) is 57.5 Å². The Morgan fingerprint density at radius 2 is 1.80 bits per heavy atom. The normalized spacial score (nSPS) is 29.3. The Labute approximate surface area is 151 Å². The van der Waals surface area contributed by atoms with E-state index in [1.807, 2.05) is 0 Å². The van der Waals surface area contributed by atoms with Crippen LogP contribution in [0.1, 0.15) is 69.4 Å². The van der Waals surface area contributed by atoms with Gasteiger partial charge in [0.25, 0.3) is 0 Å². The van der Waals surface area contributed by atoms with E-state index in [-0.39, 0.29) is 0 Å². The average molecular weight is 344 g/mol. The van der Waals surface area contributed by atoms with Gasteiger partial charge in [0.05, 0.1) is 0 Å². The zero-order chi connectivity index (χ0) is 17.1. The van der Waals surface area contributed by atoms with Gasteiger partial charge in [-0.2, -0.15) is 0 Å². The minimum atomic E-state index is 0.366. The molecule has 25 heavy (non-hydrogen) atoms. The van der Waals surface area contributed by atoms with Gasteiger partial charge in [0, 0.05) is 36.3 Å². The zero-order valence-corrected chi connectivity index (χ0v) is 15.4. The van der Waals surface area contributed by atoms with Crippen molar-refractivity contribution in [2.75, 3.05) is 25.0 Å². The van der Waals surface area contributed by atoms with Crippen LogP contribution in [0.5, 0.6) is 0 Å². The number of hydrogen-bond acceptors (Lipinski definition) is 5. The third kappa shape index (κ3) is 4.32. The summed E-state index contributed by atoms with van der Waals surface area (Å²) < 4.78 is 0. The molecule has 2 heterocycles. The number of nitrogens with one attached hydrogen (secondary N) is 1. The molecule has 1 aromatic heterocycles. The number of piperidine rings is 1. The summed E-state index contributed by atoms with van der Waals surface area (Å²) >= 11 is 0. The quantitative estimate of drug-likeness (QED) is 0.860. The van der Waals surface area contributed by atoms with Crippen LogP contribution in [0.4, 0.5) is 5.82 Å². The molecule has 138 valence electrons. The number of nitrogens with zero attached hydrogens (tertiary/aromatic N) is 3. The smallest absolute Gasteiger partial charge is 0.129 e. The van der Waals surface area contributed by atoms with Gasteiger partial charge in [0.15, 0.2) is 0 Å². The maximum Gasteiger partial charge on any atom is 0.129 e. The highest BCUT2D eigenvalue weighted by molar-refractivity contribution is 5.36. The predicted octanol–water partition coefficient (Wildman–Crippen LogP) is 3.14. The van der Waals surface area contributed by atoms with Crippen LogP contribution in [0.2, 0.25) is 0 Å². The van der Waals surface area contributed by atoms with Gasteiger partial charge in [-0.15, -0.1) is 0 Å². The van der Waals surface area contributed by atoms with Crippen molar-refractivity contribution in [1.29, 1.82) is 0 Å². The van der Waals surface area contributed by atoms with E-state index in [0.717, 1.165) is 42.9 Å². The second kappa shape index (κ2) is 8.00. The monoisotopic (exact) mass is 343 g/mol. The Bertz CT molecular complexity index is 543. The number of anilines is 1. The molecule has 2 saturated carbocycles. The van der Waals surface area contributed by atoms with Crippen LogP contribution in [0.25, 0.3) is 0 Å². The Hall–Kier alpha value is -1.20. The minimum Gasteiger partial charge on any atom is -0.370 e. The predicted molar refractivity (Wildman–Crippen MR) is 102 cm³/mol. The third-order valence-corrected chi connectivity index (χ3v) is 6.59. The molecule has 4 rings (SSSR count). The van der Waals surface area contributed by atoms with Gasteiger partial charge in [-0.25, -0.2) is 9.97 Å². The Balaban J connectivity index is 1.22. The van der Waals surface area contributed by atoms with Crippen molar-refractivity contribution < 1.29 is 0 Å². The van der Waals surface area contributed by atoms with E-state index in [2.05, 4.69) is 26.3 Å². The molecule has 3 N–H and O–H groups in total. The van der Waals surface area contributed by atoms with Crippen molar-refractivity contribution in [1.82, 2.24) is 14.9 Å². The summed E-state index contributed by atoms with van der Waals surface area (Å²) in [5, 5.41) is 3.56. The molecule has 0 bridgehead atoms. The molecule has 3 fully saturated rings. The molecule has 0 spiro atoms. The Morgan fingerprint density at radius 3 is 2.52 bits per heavy atom. The SMILES string of the molecule is NC1CC(c2cc(NCC3CCN(C4CCCCC4)CC3)ncn2)C1. The largest absolute Gasteiger partial charge is 0.370 e. The van der Waals surface area contributed by atoms with Crippen molar-refractivity contribution in [3.63, 3.8) is 0 Å². The Morgan fingerprint density at radius 1 is 1.04 bits per heavy atom. The van der Waals surface area contributed by atoms with Crippen molar-refractivity contribution in [3.8, 4) is 0 Å². The molecule has 1 aliphatic heterocycles. The molecule has 3 aliphatic rings. The summed E-state index contributed by atoms with van der Waals surface area (Å²) in [5.74, 6) is 2.30. The maximum atomic E-state index is 5.90. The molecule has 2 aliphatic carbocycles. The molecular weight excluding hydrogens is 310 g/mol. The fourth-order valence-electron chi connectivity index (χ4n) is 4.81. The number of nitrogens with two attached hydrogens (primary N) is 1. The van der Waals surface area contributed by atoms with E-state index in [1.165, 1.54) is 58.0 Å². The summed E-state index contributed by atoms with van der Waals surface area (Å²) in [6, 6.07) is 3.37. The number of likely N-dealkylation sites (tertiary alicyclic amines) is 1. The summed E-state index contributed by atoms with van der Waals surface area (Å²) in [6.45, 7) is 3.61. The van der Waals surface area contributed by atoms with Gasteiger partial charge in [0.1, 0.15) is 12.1 Å². The van der Waals surface area contributed by atoms with Crippen molar-refractivity contribution in [2.24, 2.45) is 11.7 Å². The fourth-order valence-corrected chi connectivity index (χ4v) is 4.81. The molecule has 0 radical (unpaired) electrons. The highest BCUT2D eigenvalue weighted by Gasteiger charge is 2.29. The second-order valence-electron chi connectivity index (χ2n) is 8.41. The third-order valence-electron chi connectivity index (χ3n) is 6.59. The summed E-state index contributed by atoms with van der Waals surface area (Å²) in [5.41, 5.74) is 7.06. The molecule has 1 aromatic rings. The summed E-state index contributed by atoms with van der Waals surface area (Å²) in [4.78, 5) is 11.6. The van der Waals surface area contributed by atoms with E-state index >= 15 is 0 Å². The van der Waals surface area contributed by atoms with Crippen LogP contribution in [0, 0.1) is 5.92 Å². The average Bonchev–Trinajstić information content (AvgIpc) is 2.65. The molecule has 0 amide bonds. The van der Waals surface area contributed by atoms with E-state index in [4.69, 9.17) is 5.73 Å². The molecule has 1 saturated heterocycles. The fraction of sp³-hybridized carbons (Fsp3) is 0.800. The highest BCUT2D eigenvalue weighted by atomic mass is 15.2. The van der Waals surface area contributed by atoms with E-state index < -0.39 is 0 Å². The second-order valence-corrected chi connectivity index (χ2v) is 8.41. The topological polar surface area (TPSA) is 67.1 Å². The number of hydrogen-bond donors (Lipinski definition) is 2. The molecule has 5 heteroatoms. The van der Waals surface area contributed by atoms with Gasteiger partial charge in [-0.3, -0.25) is 0 Å². The van der Waals surface area contributed by atoms with Crippen LogP contribution >= 0.6 is 0 Å². The molecule has 0 unspecified atom stereocenters. The first-order valence-corrected chi connectivity index (χ1v) is 10.3. The summed E-state index contributed by atoms with van der Waals surface area (Å²) in [6.07, 6.45) is 13.7. The van der Waals surface area contributed by atoms with E-state index in [1.54, 1.807) is 6.33 Å². The van der Waals surface area contributed by atoms with E-state index in [0.29, 0.717) is 12.0 Å². The van der Waals surface area contributed by atoms with Crippen LogP contribution in [0.3, 0.4) is 0 Å². The highest BCUT2D eigenvalue weighted by Crippen LogP contribution is 2.35. The maximum absolute atomic E-state index is 5.90. The first kappa shape index (κ1) is 17.2. The minimum absolute atomic E-state index is 0.366. The van der Waals surface area contributed by atoms with Gasteiger partial charge in [0.2, 0.25) is 0 Å². The van der Waals surface area contributed by atoms with Crippen LogP contribution in [-0.2, 0) is 0 Å². The lowest BCUT2D eigenvalue weighted by Crippen LogP contribution is -2.43. The first-order chi connectivity index (χ1) is 12.3. The van der Waals surface area contributed by atoms with Crippen molar-refractivity contribution in [2.45, 2.75) is 75.8 Å². The molecule has 5 nitrogen and oxygen atoms in total. The van der Waals surface area contributed by atoms with Crippen LogP contribution in [-0.4, -0.2) is 46.6 Å². The zero-order valence-electron chi connectivity index (χ0n) is 15.4. The first-order valence-electron chi connectivity index (χ1n) is 10.3. The van der Waals surface area contributed by atoms with Crippen molar-refractivity contribution in [3.05, 3.63) is 18.1 Å². The van der Waals surface area contributed by atoms with Crippen molar-refractivity contribution >= 4 is 5.82 Å². The lowest BCUT2D eigenvalue weighted by Gasteiger charge is -2.39. The molecular formula is C20H33N5. The van der Waals surface area contributed by atoms with Crippen LogP contribution < -0.4 is 11.1 Å². The van der Waals surface area contributed by atoms with Gasteiger partial charge in [-0.1, -0.05) is 19.3 Å². The van der Waals surface area contributed by atoms with E-state index in [9.17, 15) is 0 Å². The van der Waals surface area contributed by atoms with Gasteiger partial charge < -0.3 is 16.0 Å². The lowest BCUT2D eigenvalue weighted by atomic mass is 9.78. The number of rotatable bonds is 5. The van der Waals surface area contributed by atoms with Crippen LogP contribution in [0.15, 0.2) is 12.4 Å². The molecule has 0 aromatic carbocycles. The standard InChI is InChI=1S/C20H33N5/c21-17-10-16(11-17)19-12-20(24-14-23-19)22-13-15-6-8-25(9-7-15)18-4-2-1-3-5-18/h12,14-18H,1-11,13,21H2,(H,22,23,24). The molecule has 0 atom stereocenters. The summed E-state index contributed by atoms with van der Waals surface area (Å²) in [7, 11) is 0.